The van der Waals surface area contributed by atoms with Gasteiger partial charge in [-0.25, -0.2) is 8.78 Å². The fourth-order valence-electron chi connectivity index (χ4n) is 1.21. The van der Waals surface area contributed by atoms with E-state index in [9.17, 15) is 8.78 Å². The van der Waals surface area contributed by atoms with Gasteiger partial charge < -0.3 is 0 Å². The van der Waals surface area contributed by atoms with Crippen molar-refractivity contribution in [3.63, 3.8) is 0 Å². The normalized spacial score (nSPS) is 11.0. The Morgan fingerprint density at radius 3 is 2.60 bits per heavy atom. The van der Waals surface area contributed by atoms with E-state index in [0.29, 0.717) is 0 Å². The summed E-state index contributed by atoms with van der Waals surface area (Å²) < 4.78 is 27.0. The molecule has 0 aliphatic carbocycles. The van der Waals surface area contributed by atoms with Gasteiger partial charge in [-0.3, -0.25) is 4.98 Å². The zero-order valence-electron chi connectivity index (χ0n) is 6.99. The molecular weight excluding hydrogens is 311 g/mol. The number of hydrogen-bond donors (Lipinski definition) is 0. The molecule has 0 atom stereocenters. The summed E-state index contributed by atoms with van der Waals surface area (Å²) in [4.78, 5) is 3.69. The van der Waals surface area contributed by atoms with E-state index in [1.54, 1.807) is 0 Å². The summed E-state index contributed by atoms with van der Waals surface area (Å²) in [5.74, 6) is -1.33. The molecule has 0 fully saturated rings. The molecule has 1 aromatic carbocycles. The van der Waals surface area contributed by atoms with E-state index in [4.69, 9.17) is 23.2 Å². The van der Waals surface area contributed by atoms with Gasteiger partial charge in [0.15, 0.2) is 5.82 Å². The second kappa shape index (κ2) is 3.85. The molecule has 0 N–H and O–H groups in total. The highest BCUT2D eigenvalue weighted by Gasteiger charge is 2.16. The first-order valence-electron chi connectivity index (χ1n) is 3.79. The Balaban J connectivity index is 3.04. The molecule has 0 amide bonds. The third kappa shape index (κ3) is 1.71. The average Bonchev–Trinajstić information content (AvgIpc) is 2.19. The van der Waals surface area contributed by atoms with Gasteiger partial charge in [0.05, 0.1) is 19.9 Å². The van der Waals surface area contributed by atoms with Crippen molar-refractivity contribution in [3.8, 4) is 0 Å². The maximum absolute atomic E-state index is 13.6. The van der Waals surface area contributed by atoms with E-state index >= 15 is 0 Å². The lowest BCUT2D eigenvalue weighted by molar-refractivity contribution is 0.610. The van der Waals surface area contributed by atoms with Crippen LogP contribution in [0.3, 0.4) is 0 Å². The Morgan fingerprint density at radius 1 is 1.27 bits per heavy atom. The third-order valence-electron chi connectivity index (χ3n) is 1.88. The number of nitrogens with zero attached hydrogens (tertiary/aromatic N) is 1. The van der Waals surface area contributed by atoms with Gasteiger partial charge in [-0.2, -0.15) is 0 Å². The van der Waals surface area contributed by atoms with Gasteiger partial charge in [-0.05, 0) is 22.0 Å². The molecule has 0 aliphatic heterocycles. The quantitative estimate of drug-likeness (QED) is 0.649. The fraction of sp³-hybridized carbons (Fsp3) is 0. The van der Waals surface area contributed by atoms with Crippen molar-refractivity contribution in [2.45, 2.75) is 0 Å². The summed E-state index contributed by atoms with van der Waals surface area (Å²) in [7, 11) is 0. The Labute approximate surface area is 102 Å². The molecule has 2 rings (SSSR count). The van der Waals surface area contributed by atoms with Crippen molar-refractivity contribution >= 4 is 50.0 Å². The molecule has 0 spiro atoms. The first-order valence-corrected chi connectivity index (χ1v) is 5.34. The molecule has 2 aromatic rings. The molecular formula is C9H2BrCl2F2N. The van der Waals surface area contributed by atoms with Crippen LogP contribution in [0.15, 0.2) is 16.7 Å². The number of fused-ring (bicyclic) bond motifs is 1. The highest BCUT2D eigenvalue weighted by molar-refractivity contribution is 9.10. The largest absolute Gasteiger partial charge is 0.251 e. The molecule has 6 heteroatoms. The fourth-order valence-corrected chi connectivity index (χ4v) is 1.97. The van der Waals surface area contributed by atoms with Gasteiger partial charge in [0.25, 0.3) is 0 Å². The van der Waals surface area contributed by atoms with Crippen LogP contribution in [0, 0.1) is 11.6 Å². The lowest BCUT2D eigenvalue weighted by Crippen LogP contribution is -1.91. The van der Waals surface area contributed by atoms with E-state index in [-0.39, 0.29) is 25.4 Å². The van der Waals surface area contributed by atoms with Gasteiger partial charge in [0.2, 0.25) is 0 Å². The van der Waals surface area contributed by atoms with Gasteiger partial charge in [0.1, 0.15) is 11.3 Å². The number of pyridine rings is 1. The van der Waals surface area contributed by atoms with E-state index < -0.39 is 11.6 Å². The van der Waals surface area contributed by atoms with Gasteiger partial charge in [-0.15, -0.1) is 0 Å². The van der Waals surface area contributed by atoms with Crippen LogP contribution in [0.4, 0.5) is 8.78 Å². The Bertz CT molecular complexity index is 551. The first-order chi connectivity index (χ1) is 7.02. The highest BCUT2D eigenvalue weighted by atomic mass is 79.9. The van der Waals surface area contributed by atoms with E-state index in [1.807, 2.05) is 0 Å². The van der Waals surface area contributed by atoms with Crippen LogP contribution in [-0.2, 0) is 0 Å². The van der Waals surface area contributed by atoms with Crippen LogP contribution in [0.2, 0.25) is 10.0 Å². The predicted molar refractivity (Wildman–Crippen MR) is 59.4 cm³/mol. The van der Waals surface area contributed by atoms with E-state index in [0.717, 1.165) is 6.07 Å². The van der Waals surface area contributed by atoms with E-state index in [1.165, 1.54) is 6.20 Å². The van der Waals surface area contributed by atoms with Crippen LogP contribution >= 0.6 is 39.1 Å². The van der Waals surface area contributed by atoms with Crippen LogP contribution in [0.1, 0.15) is 0 Å². The molecule has 0 saturated carbocycles. The lowest BCUT2D eigenvalue weighted by atomic mass is 10.2. The first kappa shape index (κ1) is 11.0. The zero-order valence-corrected chi connectivity index (χ0v) is 10.1. The topological polar surface area (TPSA) is 12.9 Å². The maximum Gasteiger partial charge on any atom is 0.150 e. The van der Waals surface area contributed by atoms with Crippen LogP contribution in [0.5, 0.6) is 0 Å². The van der Waals surface area contributed by atoms with Crippen molar-refractivity contribution in [1.29, 1.82) is 0 Å². The van der Waals surface area contributed by atoms with Crippen molar-refractivity contribution in [2.24, 2.45) is 0 Å². The Hall–Kier alpha value is -0.450. The lowest BCUT2D eigenvalue weighted by Gasteiger charge is -2.05. The Morgan fingerprint density at radius 2 is 1.93 bits per heavy atom. The molecule has 0 radical (unpaired) electrons. The standard InChI is InChI=1S/C9H2BrCl2F2N/c10-3-1-5(13)9-6(8(3)14)7(12)4(11)2-15-9/h1-2H. The molecule has 0 bridgehead atoms. The minimum Gasteiger partial charge on any atom is -0.251 e. The summed E-state index contributed by atoms with van der Waals surface area (Å²) in [6.07, 6.45) is 1.18. The average molecular weight is 313 g/mol. The second-order valence-electron chi connectivity index (χ2n) is 2.80. The van der Waals surface area contributed by atoms with Gasteiger partial charge in [-0.1, -0.05) is 23.2 Å². The van der Waals surface area contributed by atoms with Crippen molar-refractivity contribution in [2.75, 3.05) is 0 Å². The van der Waals surface area contributed by atoms with Gasteiger partial charge >= 0.3 is 0 Å². The molecule has 78 valence electrons. The maximum atomic E-state index is 13.6. The van der Waals surface area contributed by atoms with Crippen LogP contribution < -0.4 is 0 Å². The number of aromatic nitrogens is 1. The summed E-state index contributed by atoms with van der Waals surface area (Å²) in [6, 6.07) is 0.995. The Kier molecular flexibility index (Phi) is 2.83. The minimum atomic E-state index is -0.675. The van der Waals surface area contributed by atoms with Crippen LogP contribution in [-0.4, -0.2) is 4.98 Å². The monoisotopic (exact) mass is 311 g/mol. The summed E-state index contributed by atoms with van der Waals surface area (Å²) >= 11 is 14.3. The zero-order chi connectivity index (χ0) is 11.2. The molecule has 1 heterocycles. The summed E-state index contributed by atoms with van der Waals surface area (Å²) in [5.41, 5.74) is -0.134. The minimum absolute atomic E-state index is 0.0153. The molecule has 0 aliphatic rings. The van der Waals surface area contributed by atoms with E-state index in [2.05, 4.69) is 20.9 Å². The number of hydrogen-bond acceptors (Lipinski definition) is 1. The third-order valence-corrected chi connectivity index (χ3v) is 3.23. The number of rotatable bonds is 0. The SMILES string of the molecule is Fc1cc(Br)c(F)c2c(Cl)c(Cl)cnc12. The molecule has 0 unspecified atom stereocenters. The van der Waals surface area contributed by atoms with Crippen molar-refractivity contribution < 1.29 is 8.78 Å². The highest BCUT2D eigenvalue weighted by Crippen LogP contribution is 2.35. The molecule has 1 nitrogen and oxygen atoms in total. The second-order valence-corrected chi connectivity index (χ2v) is 4.44. The number of benzene rings is 1. The predicted octanol–water partition coefficient (Wildman–Crippen LogP) is 4.58. The molecule has 1 aromatic heterocycles. The molecule has 15 heavy (non-hydrogen) atoms. The van der Waals surface area contributed by atoms with Crippen molar-refractivity contribution in [3.05, 3.63) is 38.4 Å². The van der Waals surface area contributed by atoms with Crippen LogP contribution in [0.25, 0.3) is 10.9 Å². The molecule has 0 saturated heterocycles. The summed E-state index contributed by atoms with van der Waals surface area (Å²) in [5, 5.41) is -0.0732. The van der Waals surface area contributed by atoms with Crippen molar-refractivity contribution in [1.82, 2.24) is 4.98 Å². The number of halogens is 5. The van der Waals surface area contributed by atoms with Gasteiger partial charge in [0, 0.05) is 6.20 Å². The summed E-state index contributed by atoms with van der Waals surface area (Å²) in [6.45, 7) is 0. The smallest absolute Gasteiger partial charge is 0.150 e.